The second-order valence-corrected chi connectivity index (χ2v) is 4.78. The van der Waals surface area contributed by atoms with Crippen LogP contribution in [0.3, 0.4) is 0 Å². The van der Waals surface area contributed by atoms with Crippen LogP contribution in [-0.2, 0) is 0 Å². The lowest BCUT2D eigenvalue weighted by molar-refractivity contribution is 0.577. The van der Waals surface area contributed by atoms with Crippen LogP contribution in [0.2, 0.25) is 5.15 Å². The Labute approximate surface area is 115 Å². The molecule has 0 amide bonds. The van der Waals surface area contributed by atoms with Crippen LogP contribution >= 0.6 is 11.6 Å². The Morgan fingerprint density at radius 1 is 1.16 bits per heavy atom. The zero-order chi connectivity index (χ0) is 14.0. The Balaban J connectivity index is 2.25. The summed E-state index contributed by atoms with van der Waals surface area (Å²) in [6.45, 7) is 3.69. The van der Waals surface area contributed by atoms with Crippen molar-refractivity contribution in [3.8, 4) is 0 Å². The van der Waals surface area contributed by atoms with Crippen LogP contribution in [0.25, 0.3) is 0 Å². The van der Waals surface area contributed by atoms with Gasteiger partial charge in [-0.2, -0.15) is 0 Å². The van der Waals surface area contributed by atoms with Crippen molar-refractivity contribution in [1.82, 2.24) is 4.98 Å². The molecule has 1 atom stereocenters. The van der Waals surface area contributed by atoms with E-state index >= 15 is 0 Å². The number of aromatic nitrogens is 1. The van der Waals surface area contributed by atoms with Gasteiger partial charge in [0.25, 0.3) is 0 Å². The number of nitrogens with zero attached hydrogens (tertiary/aromatic N) is 1. The van der Waals surface area contributed by atoms with Crippen molar-refractivity contribution in [2.24, 2.45) is 0 Å². The third-order valence-electron chi connectivity index (χ3n) is 2.73. The predicted octanol–water partition coefficient (Wildman–Crippen LogP) is 4.49. The molecule has 0 aliphatic rings. The molecule has 1 N–H and O–H groups in total. The maximum Gasteiger partial charge on any atom is 0.152 e. The quantitative estimate of drug-likeness (QED) is 0.839. The van der Waals surface area contributed by atoms with Gasteiger partial charge in [0.15, 0.2) is 5.15 Å². The number of aryl methyl sites for hydroxylation is 1. The summed E-state index contributed by atoms with van der Waals surface area (Å²) in [6.07, 6.45) is 1.65. The summed E-state index contributed by atoms with van der Waals surface area (Å²) in [5.41, 5.74) is 2.10. The average Bonchev–Trinajstić information content (AvgIpc) is 2.32. The van der Waals surface area contributed by atoms with E-state index in [1.807, 2.05) is 13.0 Å². The van der Waals surface area contributed by atoms with Gasteiger partial charge in [-0.1, -0.05) is 11.6 Å². The molecule has 0 aliphatic carbocycles. The second kappa shape index (κ2) is 5.53. The summed E-state index contributed by atoms with van der Waals surface area (Å²) < 4.78 is 26.3. The van der Waals surface area contributed by atoms with Gasteiger partial charge in [0.2, 0.25) is 0 Å². The summed E-state index contributed by atoms with van der Waals surface area (Å²) in [4.78, 5) is 4.02. The highest BCUT2D eigenvalue weighted by Gasteiger charge is 2.11. The minimum atomic E-state index is -0.600. The van der Waals surface area contributed by atoms with E-state index in [2.05, 4.69) is 10.3 Å². The van der Waals surface area contributed by atoms with Crippen LogP contribution in [0, 0.1) is 18.6 Å². The molecule has 0 saturated carbocycles. The number of hydrogen-bond acceptors (Lipinski definition) is 2. The number of anilines is 1. The number of pyridine rings is 1. The summed E-state index contributed by atoms with van der Waals surface area (Å²) >= 11 is 5.97. The van der Waals surface area contributed by atoms with E-state index in [1.165, 1.54) is 12.1 Å². The molecule has 0 radical (unpaired) electrons. The summed E-state index contributed by atoms with van der Waals surface area (Å²) in [5.74, 6) is -1.20. The Kier molecular flexibility index (Phi) is 4.00. The molecule has 1 aromatic carbocycles. The van der Waals surface area contributed by atoms with Gasteiger partial charge in [0.05, 0.1) is 5.69 Å². The maximum atomic E-state index is 13.2. The molecule has 2 aromatic rings. The highest BCUT2D eigenvalue weighted by Crippen LogP contribution is 2.26. The fourth-order valence-electron chi connectivity index (χ4n) is 1.80. The van der Waals surface area contributed by atoms with Crippen LogP contribution in [0.5, 0.6) is 0 Å². The van der Waals surface area contributed by atoms with E-state index in [9.17, 15) is 8.78 Å². The summed E-state index contributed by atoms with van der Waals surface area (Å²) in [7, 11) is 0. The molecule has 0 fully saturated rings. The lowest BCUT2D eigenvalue weighted by atomic mass is 10.1. The van der Waals surface area contributed by atoms with Gasteiger partial charge in [-0.3, -0.25) is 0 Å². The molecule has 5 heteroatoms. The van der Waals surface area contributed by atoms with Gasteiger partial charge in [0, 0.05) is 18.3 Å². The number of rotatable bonds is 3. The monoisotopic (exact) mass is 282 g/mol. The first-order chi connectivity index (χ1) is 8.95. The predicted molar refractivity (Wildman–Crippen MR) is 72.4 cm³/mol. The molecule has 2 rings (SSSR count). The smallest absolute Gasteiger partial charge is 0.152 e. The molecule has 0 saturated heterocycles. The van der Waals surface area contributed by atoms with Crippen molar-refractivity contribution >= 4 is 17.3 Å². The van der Waals surface area contributed by atoms with Crippen molar-refractivity contribution < 1.29 is 8.78 Å². The molecule has 19 heavy (non-hydrogen) atoms. The van der Waals surface area contributed by atoms with Gasteiger partial charge < -0.3 is 5.32 Å². The summed E-state index contributed by atoms with van der Waals surface area (Å²) in [5, 5.41) is 3.42. The molecule has 1 aromatic heterocycles. The van der Waals surface area contributed by atoms with Crippen molar-refractivity contribution in [1.29, 1.82) is 0 Å². The lowest BCUT2D eigenvalue weighted by Gasteiger charge is -2.17. The van der Waals surface area contributed by atoms with Crippen molar-refractivity contribution in [3.63, 3.8) is 0 Å². The topological polar surface area (TPSA) is 24.9 Å². The molecule has 0 aliphatic heterocycles. The fraction of sp³-hybridized carbons (Fsp3) is 0.214. The first-order valence-electron chi connectivity index (χ1n) is 5.80. The first kappa shape index (κ1) is 13.7. The van der Waals surface area contributed by atoms with E-state index in [1.54, 1.807) is 13.1 Å². The SMILES string of the molecule is Cc1cnc(Cl)c(NC(C)c2cc(F)cc(F)c2)c1. The third-order valence-corrected chi connectivity index (χ3v) is 3.03. The van der Waals surface area contributed by atoms with Crippen molar-refractivity contribution in [2.75, 3.05) is 5.32 Å². The van der Waals surface area contributed by atoms with E-state index < -0.39 is 11.6 Å². The molecule has 0 spiro atoms. The van der Waals surface area contributed by atoms with Gasteiger partial charge in [-0.05, 0) is 43.2 Å². The van der Waals surface area contributed by atoms with Crippen molar-refractivity contribution in [2.45, 2.75) is 19.9 Å². The van der Waals surface area contributed by atoms with E-state index in [4.69, 9.17) is 11.6 Å². The highest BCUT2D eigenvalue weighted by atomic mass is 35.5. The Morgan fingerprint density at radius 2 is 1.79 bits per heavy atom. The minimum absolute atomic E-state index is 0.286. The van der Waals surface area contributed by atoms with Gasteiger partial charge >= 0.3 is 0 Å². The standard InChI is InChI=1S/C14H13ClF2N2/c1-8-3-13(14(15)18-7-8)19-9(2)10-4-11(16)6-12(17)5-10/h3-7,9,19H,1-2H3. The van der Waals surface area contributed by atoms with E-state index in [-0.39, 0.29) is 6.04 Å². The lowest BCUT2D eigenvalue weighted by Crippen LogP contribution is -2.08. The zero-order valence-electron chi connectivity index (χ0n) is 10.5. The number of halogens is 3. The van der Waals surface area contributed by atoms with Crippen molar-refractivity contribution in [3.05, 3.63) is 58.4 Å². The average molecular weight is 283 g/mol. The fourth-order valence-corrected chi connectivity index (χ4v) is 1.95. The third kappa shape index (κ3) is 3.41. The molecular weight excluding hydrogens is 270 g/mol. The highest BCUT2D eigenvalue weighted by molar-refractivity contribution is 6.31. The van der Waals surface area contributed by atoms with Crippen LogP contribution in [0.15, 0.2) is 30.5 Å². The second-order valence-electron chi connectivity index (χ2n) is 4.42. The van der Waals surface area contributed by atoms with E-state index in [0.717, 1.165) is 11.6 Å². The largest absolute Gasteiger partial charge is 0.376 e. The van der Waals surface area contributed by atoms with Crippen LogP contribution in [0.4, 0.5) is 14.5 Å². The van der Waals surface area contributed by atoms with Gasteiger partial charge in [0.1, 0.15) is 11.6 Å². The Morgan fingerprint density at radius 3 is 2.42 bits per heavy atom. The molecule has 1 unspecified atom stereocenters. The van der Waals surface area contributed by atoms with Gasteiger partial charge in [-0.25, -0.2) is 13.8 Å². The molecule has 1 heterocycles. The normalized spacial score (nSPS) is 12.3. The van der Waals surface area contributed by atoms with E-state index in [0.29, 0.717) is 16.4 Å². The Bertz CT molecular complexity index is 582. The number of benzene rings is 1. The molecule has 2 nitrogen and oxygen atoms in total. The van der Waals surface area contributed by atoms with Gasteiger partial charge in [-0.15, -0.1) is 0 Å². The maximum absolute atomic E-state index is 13.2. The van der Waals surface area contributed by atoms with Crippen LogP contribution < -0.4 is 5.32 Å². The molecule has 100 valence electrons. The molecule has 0 bridgehead atoms. The van der Waals surface area contributed by atoms with Crippen LogP contribution in [0.1, 0.15) is 24.1 Å². The number of nitrogens with one attached hydrogen (secondary N) is 1. The summed E-state index contributed by atoms with van der Waals surface area (Å²) in [6, 6.07) is 4.97. The number of hydrogen-bond donors (Lipinski definition) is 1. The molecular formula is C14H13ClF2N2. The van der Waals surface area contributed by atoms with Crippen LogP contribution in [-0.4, -0.2) is 4.98 Å². The first-order valence-corrected chi connectivity index (χ1v) is 6.18. The minimum Gasteiger partial charge on any atom is -0.376 e. The zero-order valence-corrected chi connectivity index (χ0v) is 11.3. The Hall–Kier alpha value is -1.68.